The van der Waals surface area contributed by atoms with Crippen LogP contribution >= 0.6 is 0 Å². The third kappa shape index (κ3) is 2.11. The van der Waals surface area contributed by atoms with E-state index in [1.165, 1.54) is 18.7 Å². The normalized spacial score (nSPS) is 17.8. The Kier molecular flexibility index (Phi) is 1.94. The minimum Gasteiger partial charge on any atom is -0.332 e. The molecule has 0 radical (unpaired) electrons. The van der Waals surface area contributed by atoms with E-state index in [2.05, 4.69) is 36.5 Å². The summed E-state index contributed by atoms with van der Waals surface area (Å²) < 4.78 is 2.35. The summed E-state index contributed by atoms with van der Waals surface area (Å²) in [6.07, 6.45) is 7.82. The van der Waals surface area contributed by atoms with Crippen LogP contribution in [0.3, 0.4) is 0 Å². The Morgan fingerprint density at radius 3 is 2.69 bits per heavy atom. The smallest absolute Gasteiger partial charge is 0.109 e. The number of rotatable bonds is 2. The van der Waals surface area contributed by atoms with Crippen LogP contribution in [-0.4, -0.2) is 9.55 Å². The molecule has 0 N–H and O–H groups in total. The highest BCUT2D eigenvalue weighted by atomic mass is 15.1. The fourth-order valence-electron chi connectivity index (χ4n) is 1.64. The van der Waals surface area contributed by atoms with Crippen molar-refractivity contribution in [2.75, 3.05) is 0 Å². The number of aromatic nitrogens is 2. The van der Waals surface area contributed by atoms with E-state index in [1.54, 1.807) is 0 Å². The van der Waals surface area contributed by atoms with Gasteiger partial charge in [0.2, 0.25) is 0 Å². The Morgan fingerprint density at radius 2 is 2.15 bits per heavy atom. The second-order valence-corrected chi connectivity index (χ2v) is 5.22. The van der Waals surface area contributed by atoms with E-state index in [4.69, 9.17) is 0 Å². The van der Waals surface area contributed by atoms with Gasteiger partial charge in [-0.3, -0.25) is 0 Å². The maximum atomic E-state index is 4.43. The lowest BCUT2D eigenvalue weighted by Crippen LogP contribution is -2.13. The van der Waals surface area contributed by atoms with Crippen molar-refractivity contribution in [2.24, 2.45) is 5.41 Å². The predicted octanol–water partition coefficient (Wildman–Crippen LogP) is 2.81. The number of hydrogen-bond acceptors (Lipinski definition) is 1. The van der Waals surface area contributed by atoms with E-state index in [1.807, 2.05) is 6.20 Å². The van der Waals surface area contributed by atoms with Crippen LogP contribution in [0.1, 0.15) is 45.5 Å². The van der Waals surface area contributed by atoms with Crippen molar-refractivity contribution in [3.05, 3.63) is 18.2 Å². The Bertz CT molecular complexity index is 289. The minimum atomic E-state index is 0.345. The molecule has 2 heteroatoms. The molecule has 1 fully saturated rings. The van der Waals surface area contributed by atoms with E-state index in [-0.39, 0.29) is 0 Å². The SMILES string of the molecule is CC(C)(C)Cc1nccn1C1CC1. The lowest BCUT2D eigenvalue weighted by molar-refractivity contribution is 0.392. The van der Waals surface area contributed by atoms with Crippen molar-refractivity contribution in [3.8, 4) is 0 Å². The average molecular weight is 178 g/mol. The minimum absolute atomic E-state index is 0.345. The van der Waals surface area contributed by atoms with Gasteiger partial charge in [-0.2, -0.15) is 0 Å². The van der Waals surface area contributed by atoms with Crippen LogP contribution in [0.15, 0.2) is 12.4 Å². The highest BCUT2D eigenvalue weighted by Gasteiger charge is 2.26. The van der Waals surface area contributed by atoms with Crippen LogP contribution in [0.2, 0.25) is 0 Å². The van der Waals surface area contributed by atoms with E-state index in [9.17, 15) is 0 Å². The zero-order valence-electron chi connectivity index (χ0n) is 8.75. The second-order valence-electron chi connectivity index (χ2n) is 5.22. The highest BCUT2D eigenvalue weighted by molar-refractivity contribution is 5.01. The van der Waals surface area contributed by atoms with Crippen molar-refractivity contribution < 1.29 is 0 Å². The third-order valence-corrected chi connectivity index (χ3v) is 2.38. The standard InChI is InChI=1S/C11H18N2/c1-11(2,3)8-10-12-6-7-13(10)9-4-5-9/h6-7,9H,4-5,8H2,1-3H3. The molecule has 1 aliphatic carbocycles. The molecule has 0 unspecified atom stereocenters. The quantitative estimate of drug-likeness (QED) is 0.681. The van der Waals surface area contributed by atoms with Gasteiger partial charge in [-0.25, -0.2) is 4.98 Å². The molecule has 0 aliphatic heterocycles. The van der Waals surface area contributed by atoms with Crippen LogP contribution in [-0.2, 0) is 6.42 Å². The largest absolute Gasteiger partial charge is 0.332 e. The van der Waals surface area contributed by atoms with Crippen molar-refractivity contribution in [1.29, 1.82) is 0 Å². The molecule has 1 aromatic rings. The van der Waals surface area contributed by atoms with Crippen LogP contribution in [0.5, 0.6) is 0 Å². The molecular weight excluding hydrogens is 160 g/mol. The molecule has 0 amide bonds. The topological polar surface area (TPSA) is 17.8 Å². The van der Waals surface area contributed by atoms with Gasteiger partial charge in [0, 0.05) is 24.9 Å². The van der Waals surface area contributed by atoms with Gasteiger partial charge in [-0.15, -0.1) is 0 Å². The van der Waals surface area contributed by atoms with E-state index < -0.39 is 0 Å². The first kappa shape index (κ1) is 8.79. The molecular formula is C11H18N2. The zero-order valence-corrected chi connectivity index (χ0v) is 8.75. The molecule has 0 bridgehead atoms. The molecule has 0 aromatic carbocycles. The van der Waals surface area contributed by atoms with Gasteiger partial charge in [0.1, 0.15) is 5.82 Å². The Labute approximate surface area is 80.0 Å². The summed E-state index contributed by atoms with van der Waals surface area (Å²) in [5.41, 5.74) is 0.345. The first-order valence-corrected chi connectivity index (χ1v) is 5.08. The fraction of sp³-hybridized carbons (Fsp3) is 0.727. The molecule has 13 heavy (non-hydrogen) atoms. The fourth-order valence-corrected chi connectivity index (χ4v) is 1.64. The number of nitrogens with zero attached hydrogens (tertiary/aromatic N) is 2. The molecule has 1 saturated carbocycles. The molecule has 1 heterocycles. The molecule has 0 saturated heterocycles. The van der Waals surface area contributed by atoms with Crippen LogP contribution < -0.4 is 0 Å². The van der Waals surface area contributed by atoms with Crippen LogP contribution in [0.4, 0.5) is 0 Å². The van der Waals surface area contributed by atoms with E-state index in [0.29, 0.717) is 5.41 Å². The third-order valence-electron chi connectivity index (χ3n) is 2.38. The molecule has 72 valence electrons. The average Bonchev–Trinajstić information content (AvgIpc) is 2.72. The highest BCUT2D eigenvalue weighted by Crippen LogP contribution is 2.36. The predicted molar refractivity (Wildman–Crippen MR) is 53.7 cm³/mol. The summed E-state index contributed by atoms with van der Waals surface area (Å²) in [5.74, 6) is 1.26. The summed E-state index contributed by atoms with van der Waals surface area (Å²) in [7, 11) is 0. The maximum Gasteiger partial charge on any atom is 0.109 e. The molecule has 1 aromatic heterocycles. The zero-order chi connectivity index (χ0) is 9.47. The Balaban J connectivity index is 2.15. The Morgan fingerprint density at radius 1 is 1.46 bits per heavy atom. The van der Waals surface area contributed by atoms with Gasteiger partial charge in [-0.1, -0.05) is 20.8 Å². The van der Waals surface area contributed by atoms with Crippen molar-refractivity contribution >= 4 is 0 Å². The van der Waals surface area contributed by atoms with Crippen LogP contribution in [0, 0.1) is 5.41 Å². The van der Waals surface area contributed by atoms with Gasteiger partial charge < -0.3 is 4.57 Å². The Hall–Kier alpha value is -0.790. The van der Waals surface area contributed by atoms with Gasteiger partial charge in [0.05, 0.1) is 0 Å². The lowest BCUT2D eigenvalue weighted by Gasteiger charge is -2.18. The first-order chi connectivity index (χ1) is 6.06. The molecule has 2 rings (SSSR count). The van der Waals surface area contributed by atoms with E-state index >= 15 is 0 Å². The number of hydrogen-bond donors (Lipinski definition) is 0. The van der Waals surface area contributed by atoms with Gasteiger partial charge in [-0.05, 0) is 18.3 Å². The molecule has 0 spiro atoms. The van der Waals surface area contributed by atoms with Crippen molar-refractivity contribution in [2.45, 2.75) is 46.1 Å². The monoisotopic (exact) mass is 178 g/mol. The summed E-state index contributed by atoms with van der Waals surface area (Å²) in [6, 6.07) is 0.764. The van der Waals surface area contributed by atoms with Gasteiger partial charge in [0.15, 0.2) is 0 Å². The molecule has 1 aliphatic rings. The summed E-state index contributed by atoms with van der Waals surface area (Å²) in [6.45, 7) is 6.79. The maximum absolute atomic E-state index is 4.43. The van der Waals surface area contributed by atoms with E-state index in [0.717, 1.165) is 12.5 Å². The summed E-state index contributed by atoms with van der Waals surface area (Å²) in [4.78, 5) is 4.43. The van der Waals surface area contributed by atoms with Crippen molar-refractivity contribution in [3.63, 3.8) is 0 Å². The van der Waals surface area contributed by atoms with Gasteiger partial charge >= 0.3 is 0 Å². The lowest BCUT2D eigenvalue weighted by atomic mass is 9.92. The second kappa shape index (κ2) is 2.86. The van der Waals surface area contributed by atoms with Crippen LogP contribution in [0.25, 0.3) is 0 Å². The first-order valence-electron chi connectivity index (χ1n) is 5.08. The molecule has 2 nitrogen and oxygen atoms in total. The number of imidazole rings is 1. The van der Waals surface area contributed by atoms with Gasteiger partial charge in [0.25, 0.3) is 0 Å². The van der Waals surface area contributed by atoms with Crippen molar-refractivity contribution in [1.82, 2.24) is 9.55 Å². The summed E-state index contributed by atoms with van der Waals surface area (Å²) in [5, 5.41) is 0. The molecule has 0 atom stereocenters. The summed E-state index contributed by atoms with van der Waals surface area (Å²) >= 11 is 0.